The Morgan fingerprint density at radius 1 is 1.16 bits per heavy atom. The third-order valence-corrected chi connectivity index (χ3v) is 4.66. The smallest absolute Gasteiger partial charge is 0.230 e. The van der Waals surface area contributed by atoms with Gasteiger partial charge in [-0.25, -0.2) is 4.98 Å². The van der Waals surface area contributed by atoms with Crippen molar-refractivity contribution in [3.63, 3.8) is 0 Å². The topological polar surface area (TPSA) is 40.9 Å². The number of hydrogen-bond acceptors (Lipinski definition) is 5. The molecule has 1 heterocycles. The third-order valence-electron chi connectivity index (χ3n) is 3.82. The molecule has 0 N–H and O–H groups in total. The number of hydrogen-bond donors (Lipinski definition) is 0. The molecule has 2 rings (SSSR count). The van der Waals surface area contributed by atoms with Gasteiger partial charge in [-0.2, -0.15) is 0 Å². The summed E-state index contributed by atoms with van der Waals surface area (Å²) in [5, 5.41) is 11.6. The van der Waals surface area contributed by atoms with Gasteiger partial charge in [-0.1, -0.05) is 12.1 Å². The third kappa shape index (κ3) is 6.49. The van der Waals surface area contributed by atoms with Crippen LogP contribution in [0.1, 0.15) is 18.2 Å². The highest BCUT2D eigenvalue weighted by atomic mass is 79.9. The van der Waals surface area contributed by atoms with Gasteiger partial charge in [0.15, 0.2) is 0 Å². The molecule has 0 aliphatic carbocycles. The van der Waals surface area contributed by atoms with E-state index in [9.17, 15) is 0 Å². The number of anilines is 1. The van der Waals surface area contributed by atoms with Crippen LogP contribution in [-0.4, -0.2) is 50.2 Å². The van der Waals surface area contributed by atoms with E-state index in [4.69, 9.17) is 0 Å². The number of likely N-dealkylation sites (N-methyl/N-ethyl adjacent to an activating group) is 2. The molecule has 1 aromatic heterocycles. The van der Waals surface area contributed by atoms with Crippen molar-refractivity contribution < 1.29 is 21.5 Å². The van der Waals surface area contributed by atoms with Gasteiger partial charge in [0, 0.05) is 11.9 Å². The maximum Gasteiger partial charge on any atom is 0.230 e. The Kier molecular flexibility index (Phi) is 8.18. The summed E-state index contributed by atoms with van der Waals surface area (Å²) >= 11 is 1.52. The monoisotopic (exact) mass is 425 g/mol. The summed E-state index contributed by atoms with van der Waals surface area (Å²) in [5.74, 6) is 0. The molecule has 0 bridgehead atoms. The lowest BCUT2D eigenvalue weighted by molar-refractivity contribution is -0.868. The normalized spacial score (nSPS) is 11.6. The fourth-order valence-electron chi connectivity index (χ4n) is 2.38. The van der Waals surface area contributed by atoms with E-state index in [1.807, 2.05) is 12.3 Å². The number of quaternary nitrogens is 1. The van der Waals surface area contributed by atoms with Gasteiger partial charge < -0.3 is 26.4 Å². The summed E-state index contributed by atoms with van der Waals surface area (Å²) in [6.07, 6.45) is 0. The zero-order chi connectivity index (χ0) is 17.7. The zero-order valence-electron chi connectivity index (χ0n) is 16.0. The molecule has 138 valence electrons. The summed E-state index contributed by atoms with van der Waals surface area (Å²) in [6.45, 7) is 9.24. The van der Waals surface area contributed by atoms with Crippen molar-refractivity contribution in [2.24, 2.45) is 10.2 Å². The van der Waals surface area contributed by atoms with E-state index in [-0.39, 0.29) is 17.0 Å². The van der Waals surface area contributed by atoms with Gasteiger partial charge in [-0.05, 0) is 32.4 Å². The Labute approximate surface area is 165 Å². The van der Waals surface area contributed by atoms with Gasteiger partial charge >= 0.3 is 0 Å². The molecule has 0 amide bonds. The molecule has 0 radical (unpaired) electrons. The first kappa shape index (κ1) is 21.7. The van der Waals surface area contributed by atoms with Crippen LogP contribution >= 0.6 is 11.3 Å². The van der Waals surface area contributed by atoms with Gasteiger partial charge in [-0.3, -0.25) is 0 Å². The Balaban J connectivity index is 0.00000312. The minimum Gasteiger partial charge on any atom is -1.00 e. The average Bonchev–Trinajstić information content (AvgIpc) is 2.91. The fourth-order valence-corrected chi connectivity index (χ4v) is 2.99. The van der Waals surface area contributed by atoms with Crippen molar-refractivity contribution >= 4 is 27.8 Å². The molecule has 0 spiro atoms. The van der Waals surface area contributed by atoms with Crippen molar-refractivity contribution in [3.05, 3.63) is 34.8 Å². The Morgan fingerprint density at radius 2 is 1.88 bits per heavy atom. The Bertz CT molecular complexity index is 706. The SMILES string of the molecule is CCN(CC[N+](C)(C)C)c1cccc(C)c1N=Nc1nc(C)cs1.[Br-]. The van der Waals surface area contributed by atoms with Gasteiger partial charge in [0.2, 0.25) is 5.13 Å². The first-order valence-corrected chi connectivity index (χ1v) is 9.17. The molecule has 0 aliphatic rings. The minimum absolute atomic E-state index is 0. The second-order valence-electron chi connectivity index (χ2n) is 7.01. The molecule has 2 aromatic rings. The average molecular weight is 426 g/mol. The molecular weight excluding hydrogens is 398 g/mol. The van der Waals surface area contributed by atoms with Crippen molar-refractivity contribution in [2.75, 3.05) is 45.7 Å². The standard InChI is InChI=1S/C18H28N5S.BrH/c1-7-22(11-12-23(4,5)6)16-10-8-9-14(2)17(16)20-21-18-19-15(3)13-24-18;/h8-10,13H,7,11-12H2,1-6H3;1H/q+1;/p-1. The molecule has 7 heteroatoms. The van der Waals surface area contributed by atoms with Crippen molar-refractivity contribution in [3.8, 4) is 0 Å². The highest BCUT2D eigenvalue weighted by molar-refractivity contribution is 7.13. The molecular formula is C18H28BrN5S. The first-order chi connectivity index (χ1) is 11.3. The number of azo groups is 1. The van der Waals surface area contributed by atoms with E-state index in [1.54, 1.807) is 0 Å². The van der Waals surface area contributed by atoms with Crippen LogP contribution < -0.4 is 21.9 Å². The fraction of sp³-hybridized carbons (Fsp3) is 0.500. The maximum absolute atomic E-state index is 4.53. The van der Waals surface area contributed by atoms with Crippen molar-refractivity contribution in [1.82, 2.24) is 4.98 Å². The largest absolute Gasteiger partial charge is 1.00 e. The van der Waals surface area contributed by atoms with Crippen molar-refractivity contribution in [1.29, 1.82) is 0 Å². The molecule has 0 fully saturated rings. The summed E-state index contributed by atoms with van der Waals surface area (Å²) < 4.78 is 0.942. The van der Waals surface area contributed by atoms with Crippen LogP contribution in [0.4, 0.5) is 16.5 Å². The predicted octanol–water partition coefficient (Wildman–Crippen LogP) is 1.71. The zero-order valence-corrected chi connectivity index (χ0v) is 18.4. The molecule has 0 atom stereocenters. The van der Waals surface area contributed by atoms with Gasteiger partial charge in [-0.15, -0.1) is 21.6 Å². The minimum atomic E-state index is 0. The lowest BCUT2D eigenvalue weighted by Crippen LogP contribution is -3.00. The van der Waals surface area contributed by atoms with Crippen LogP contribution in [0.15, 0.2) is 33.8 Å². The van der Waals surface area contributed by atoms with E-state index in [1.165, 1.54) is 11.3 Å². The van der Waals surface area contributed by atoms with E-state index < -0.39 is 0 Å². The number of thiazole rings is 1. The number of rotatable bonds is 7. The number of aromatic nitrogens is 1. The second-order valence-corrected chi connectivity index (χ2v) is 7.84. The Morgan fingerprint density at radius 3 is 2.44 bits per heavy atom. The van der Waals surface area contributed by atoms with Gasteiger partial charge in [0.05, 0.1) is 45.6 Å². The van der Waals surface area contributed by atoms with Crippen molar-refractivity contribution in [2.45, 2.75) is 20.8 Å². The summed E-state index contributed by atoms with van der Waals surface area (Å²) in [7, 11) is 6.65. The highest BCUT2D eigenvalue weighted by Crippen LogP contribution is 2.34. The van der Waals surface area contributed by atoms with Crippen LogP contribution in [0.5, 0.6) is 0 Å². The van der Waals surface area contributed by atoms with Crippen LogP contribution in [0.25, 0.3) is 0 Å². The van der Waals surface area contributed by atoms with E-state index in [2.05, 4.69) is 73.3 Å². The Hall–Kier alpha value is -1.31. The molecule has 5 nitrogen and oxygen atoms in total. The van der Waals surface area contributed by atoms with E-state index >= 15 is 0 Å². The van der Waals surface area contributed by atoms with Gasteiger partial charge in [0.25, 0.3) is 0 Å². The molecule has 0 aliphatic heterocycles. The summed E-state index contributed by atoms with van der Waals surface area (Å²) in [6, 6.07) is 6.30. The van der Waals surface area contributed by atoms with Crippen LogP contribution in [0, 0.1) is 13.8 Å². The highest BCUT2D eigenvalue weighted by Gasteiger charge is 2.15. The second kappa shape index (κ2) is 9.40. The lowest BCUT2D eigenvalue weighted by Gasteiger charge is -2.30. The maximum atomic E-state index is 4.53. The quantitative estimate of drug-likeness (QED) is 0.500. The van der Waals surface area contributed by atoms with E-state index in [0.717, 1.165) is 46.7 Å². The molecule has 1 aromatic carbocycles. The summed E-state index contributed by atoms with van der Waals surface area (Å²) in [4.78, 5) is 6.73. The molecule has 0 saturated heterocycles. The van der Waals surface area contributed by atoms with Crippen LogP contribution in [0.3, 0.4) is 0 Å². The number of aryl methyl sites for hydroxylation is 2. The molecule has 0 saturated carbocycles. The molecule has 25 heavy (non-hydrogen) atoms. The van der Waals surface area contributed by atoms with Crippen LogP contribution in [-0.2, 0) is 0 Å². The van der Waals surface area contributed by atoms with Gasteiger partial charge in [0.1, 0.15) is 5.69 Å². The number of halogens is 1. The summed E-state index contributed by atoms with van der Waals surface area (Å²) in [5.41, 5.74) is 4.20. The number of benzene rings is 1. The lowest BCUT2D eigenvalue weighted by atomic mass is 10.1. The van der Waals surface area contributed by atoms with E-state index in [0.29, 0.717) is 5.13 Å². The van der Waals surface area contributed by atoms with Crippen LogP contribution in [0.2, 0.25) is 0 Å². The first-order valence-electron chi connectivity index (χ1n) is 8.29. The number of nitrogens with zero attached hydrogens (tertiary/aromatic N) is 5. The molecule has 0 unspecified atom stereocenters. The predicted molar refractivity (Wildman–Crippen MR) is 103 cm³/mol.